The highest BCUT2D eigenvalue weighted by molar-refractivity contribution is 5.19. The van der Waals surface area contributed by atoms with Gasteiger partial charge in [0.05, 0.1) is 5.69 Å². The Morgan fingerprint density at radius 2 is 2.36 bits per heavy atom. The zero-order valence-corrected chi connectivity index (χ0v) is 7.33. The van der Waals surface area contributed by atoms with Crippen molar-refractivity contribution in [3.63, 3.8) is 0 Å². The summed E-state index contributed by atoms with van der Waals surface area (Å²) in [6, 6.07) is 0.142. The Morgan fingerprint density at radius 3 is 2.73 bits per heavy atom. The van der Waals surface area contributed by atoms with Crippen LogP contribution in [-0.2, 0) is 7.05 Å². The van der Waals surface area contributed by atoms with Gasteiger partial charge in [0, 0.05) is 24.8 Å². The van der Waals surface area contributed by atoms with E-state index in [0.717, 1.165) is 17.7 Å². The van der Waals surface area contributed by atoms with Gasteiger partial charge in [-0.15, -0.1) is 0 Å². The van der Waals surface area contributed by atoms with Crippen LogP contribution in [0.5, 0.6) is 0 Å². The fraction of sp³-hybridized carbons (Fsp3) is 0.625. The summed E-state index contributed by atoms with van der Waals surface area (Å²) < 4.78 is 1.81. The Balaban J connectivity index is 2.93. The zero-order chi connectivity index (χ0) is 8.43. The molecule has 1 heterocycles. The molecule has 0 saturated carbocycles. The highest BCUT2D eigenvalue weighted by Gasteiger charge is 2.08. The fourth-order valence-corrected chi connectivity index (χ4v) is 1.20. The van der Waals surface area contributed by atoms with Gasteiger partial charge in [-0.3, -0.25) is 4.68 Å². The van der Waals surface area contributed by atoms with Crippen molar-refractivity contribution in [2.75, 3.05) is 0 Å². The Morgan fingerprint density at radius 1 is 1.73 bits per heavy atom. The topological polar surface area (TPSA) is 43.8 Å². The molecule has 0 fully saturated rings. The maximum atomic E-state index is 5.86. The van der Waals surface area contributed by atoms with Crippen molar-refractivity contribution in [2.45, 2.75) is 26.3 Å². The lowest BCUT2D eigenvalue weighted by Crippen LogP contribution is -2.08. The van der Waals surface area contributed by atoms with Gasteiger partial charge in [-0.05, 0) is 13.3 Å². The summed E-state index contributed by atoms with van der Waals surface area (Å²) in [5, 5.41) is 4.22. The first-order valence-corrected chi connectivity index (χ1v) is 3.91. The number of nitrogens with two attached hydrogens (primary N) is 1. The second-order valence-electron chi connectivity index (χ2n) is 2.86. The van der Waals surface area contributed by atoms with E-state index in [1.807, 2.05) is 20.2 Å². The normalized spacial score (nSPS) is 13.5. The van der Waals surface area contributed by atoms with Crippen molar-refractivity contribution in [1.82, 2.24) is 9.78 Å². The van der Waals surface area contributed by atoms with Gasteiger partial charge in [-0.2, -0.15) is 5.10 Å². The van der Waals surface area contributed by atoms with Gasteiger partial charge in [-0.1, -0.05) is 6.92 Å². The maximum absolute atomic E-state index is 5.86. The lowest BCUT2D eigenvalue weighted by Gasteiger charge is -2.05. The van der Waals surface area contributed by atoms with Gasteiger partial charge in [0.15, 0.2) is 0 Å². The summed E-state index contributed by atoms with van der Waals surface area (Å²) in [6.07, 6.45) is 2.95. The number of aromatic nitrogens is 2. The molecule has 0 unspecified atom stereocenters. The monoisotopic (exact) mass is 153 g/mol. The highest BCUT2D eigenvalue weighted by atomic mass is 15.2. The van der Waals surface area contributed by atoms with Gasteiger partial charge in [-0.25, -0.2) is 0 Å². The van der Waals surface area contributed by atoms with Crippen molar-refractivity contribution < 1.29 is 0 Å². The molecule has 1 rings (SSSR count). The van der Waals surface area contributed by atoms with Crippen molar-refractivity contribution in [3.05, 3.63) is 17.5 Å². The first kappa shape index (κ1) is 8.27. The Bertz CT molecular complexity index is 239. The van der Waals surface area contributed by atoms with Crippen LogP contribution in [0.3, 0.4) is 0 Å². The Labute approximate surface area is 67.2 Å². The molecular weight excluding hydrogens is 138 g/mol. The molecule has 2 N–H and O–H groups in total. The molecule has 0 aliphatic carbocycles. The number of nitrogens with zero attached hydrogens (tertiary/aromatic N) is 2. The molecule has 0 radical (unpaired) electrons. The predicted molar refractivity (Wildman–Crippen MR) is 45.2 cm³/mol. The third-order valence-corrected chi connectivity index (χ3v) is 1.89. The van der Waals surface area contributed by atoms with Crippen LogP contribution in [-0.4, -0.2) is 9.78 Å². The molecular formula is C8H15N3. The van der Waals surface area contributed by atoms with E-state index in [0.29, 0.717) is 0 Å². The second-order valence-corrected chi connectivity index (χ2v) is 2.86. The number of hydrogen-bond acceptors (Lipinski definition) is 2. The van der Waals surface area contributed by atoms with E-state index < -0.39 is 0 Å². The predicted octanol–water partition coefficient (Wildman–Crippen LogP) is 1.14. The average Bonchev–Trinajstić information content (AvgIpc) is 2.28. The van der Waals surface area contributed by atoms with Crippen molar-refractivity contribution in [3.8, 4) is 0 Å². The molecule has 0 aromatic carbocycles. The van der Waals surface area contributed by atoms with E-state index in [1.54, 1.807) is 4.68 Å². The third-order valence-electron chi connectivity index (χ3n) is 1.89. The molecule has 3 nitrogen and oxygen atoms in total. The molecule has 0 bridgehead atoms. The molecule has 0 saturated heterocycles. The van der Waals surface area contributed by atoms with Gasteiger partial charge in [0.1, 0.15) is 0 Å². The minimum absolute atomic E-state index is 0.142. The molecule has 0 spiro atoms. The van der Waals surface area contributed by atoms with E-state index in [2.05, 4.69) is 12.0 Å². The number of rotatable bonds is 2. The summed E-state index contributed by atoms with van der Waals surface area (Å²) in [5.74, 6) is 0. The lowest BCUT2D eigenvalue weighted by atomic mass is 10.1. The quantitative estimate of drug-likeness (QED) is 0.692. The van der Waals surface area contributed by atoms with E-state index in [9.17, 15) is 0 Å². The Kier molecular flexibility index (Phi) is 2.29. The molecule has 0 aliphatic heterocycles. The number of aryl methyl sites for hydroxylation is 2. The van der Waals surface area contributed by atoms with Crippen LogP contribution in [0, 0.1) is 6.92 Å². The van der Waals surface area contributed by atoms with Crippen molar-refractivity contribution in [2.24, 2.45) is 12.8 Å². The van der Waals surface area contributed by atoms with Gasteiger partial charge in [0.25, 0.3) is 0 Å². The minimum atomic E-state index is 0.142. The summed E-state index contributed by atoms with van der Waals surface area (Å²) in [5.41, 5.74) is 8.06. The smallest absolute Gasteiger partial charge is 0.0641 e. The zero-order valence-electron chi connectivity index (χ0n) is 7.33. The number of hydrogen-bond donors (Lipinski definition) is 1. The second kappa shape index (κ2) is 3.05. The van der Waals surface area contributed by atoms with E-state index >= 15 is 0 Å². The van der Waals surface area contributed by atoms with Crippen LogP contribution in [0.25, 0.3) is 0 Å². The largest absolute Gasteiger partial charge is 0.324 e. The summed E-state index contributed by atoms with van der Waals surface area (Å²) >= 11 is 0. The molecule has 1 aromatic heterocycles. The molecule has 0 amide bonds. The van der Waals surface area contributed by atoms with Crippen molar-refractivity contribution >= 4 is 0 Å². The van der Waals surface area contributed by atoms with Crippen LogP contribution in [0.1, 0.15) is 30.6 Å². The van der Waals surface area contributed by atoms with Gasteiger partial charge < -0.3 is 5.73 Å². The highest BCUT2D eigenvalue weighted by Crippen LogP contribution is 2.15. The van der Waals surface area contributed by atoms with E-state index in [4.69, 9.17) is 5.73 Å². The van der Waals surface area contributed by atoms with Crippen LogP contribution in [0.15, 0.2) is 6.20 Å². The maximum Gasteiger partial charge on any atom is 0.0641 e. The van der Waals surface area contributed by atoms with E-state index in [-0.39, 0.29) is 6.04 Å². The fourth-order valence-electron chi connectivity index (χ4n) is 1.20. The summed E-state index contributed by atoms with van der Waals surface area (Å²) in [4.78, 5) is 0. The molecule has 11 heavy (non-hydrogen) atoms. The Hall–Kier alpha value is -0.830. The molecule has 3 heteroatoms. The SMILES string of the molecule is CC[C@H](N)c1cn(C)nc1C. The minimum Gasteiger partial charge on any atom is -0.324 e. The van der Waals surface area contributed by atoms with Crippen LogP contribution in [0.4, 0.5) is 0 Å². The van der Waals surface area contributed by atoms with Crippen LogP contribution < -0.4 is 5.73 Å². The van der Waals surface area contributed by atoms with Crippen LogP contribution in [0.2, 0.25) is 0 Å². The molecule has 62 valence electrons. The van der Waals surface area contributed by atoms with Crippen LogP contribution >= 0.6 is 0 Å². The van der Waals surface area contributed by atoms with E-state index in [1.165, 1.54) is 0 Å². The molecule has 1 atom stereocenters. The summed E-state index contributed by atoms with van der Waals surface area (Å²) in [6.45, 7) is 4.07. The standard InChI is InChI=1S/C8H15N3/c1-4-8(9)7-5-11(3)10-6(7)2/h5,8H,4,9H2,1-3H3/t8-/m0/s1. The molecule has 0 aliphatic rings. The van der Waals surface area contributed by atoms with Gasteiger partial charge in [0.2, 0.25) is 0 Å². The lowest BCUT2D eigenvalue weighted by molar-refractivity contribution is 0.693. The summed E-state index contributed by atoms with van der Waals surface area (Å²) in [7, 11) is 1.92. The first-order valence-electron chi connectivity index (χ1n) is 3.91. The van der Waals surface area contributed by atoms with Crippen molar-refractivity contribution in [1.29, 1.82) is 0 Å². The average molecular weight is 153 g/mol. The third kappa shape index (κ3) is 1.60. The first-order chi connectivity index (χ1) is 5.15. The molecule has 1 aromatic rings. The van der Waals surface area contributed by atoms with Gasteiger partial charge >= 0.3 is 0 Å².